The molecule has 0 radical (unpaired) electrons. The van der Waals surface area contributed by atoms with E-state index in [1.807, 2.05) is 35.9 Å². The Bertz CT molecular complexity index is 1470. The van der Waals surface area contributed by atoms with Crippen molar-refractivity contribution in [2.24, 2.45) is 7.05 Å². The molecular formula is C29H35N5O3. The highest BCUT2D eigenvalue weighted by atomic mass is 16.5. The van der Waals surface area contributed by atoms with Crippen LogP contribution in [0.4, 0.5) is 0 Å². The lowest BCUT2D eigenvalue weighted by molar-refractivity contribution is 0.0942. The molecule has 8 nitrogen and oxygen atoms in total. The molecule has 1 atom stereocenters. The number of amides is 1. The number of likely N-dealkylation sites (tertiary alicyclic amines) is 1. The quantitative estimate of drug-likeness (QED) is 0.365. The monoisotopic (exact) mass is 501 g/mol. The van der Waals surface area contributed by atoms with E-state index < -0.39 is 0 Å². The maximum absolute atomic E-state index is 13.7. The zero-order chi connectivity index (χ0) is 25.9. The van der Waals surface area contributed by atoms with Gasteiger partial charge < -0.3 is 19.5 Å². The standard InChI is InChI=1S/C29H35N5O3/c1-4-20-10-7-8-18-33(20)19-9-17-30-28(35)26-25-23-11-5-6-12-24(23)32(2)27(25)29(36)34(31-26)21-13-15-22(37-3)16-14-21/h5-6,11-16,20H,4,7-10,17-19H2,1-3H3,(H,30,35)/t20-/m0/s1. The van der Waals surface area contributed by atoms with Gasteiger partial charge in [-0.25, -0.2) is 0 Å². The molecule has 1 saturated heterocycles. The second-order valence-electron chi connectivity index (χ2n) is 9.77. The lowest BCUT2D eigenvalue weighted by Gasteiger charge is -2.35. The van der Waals surface area contributed by atoms with E-state index in [9.17, 15) is 9.59 Å². The number of methoxy groups -OCH3 is 1. The van der Waals surface area contributed by atoms with Crippen molar-refractivity contribution in [2.75, 3.05) is 26.7 Å². The van der Waals surface area contributed by atoms with Gasteiger partial charge in [-0.3, -0.25) is 9.59 Å². The van der Waals surface area contributed by atoms with E-state index in [2.05, 4.69) is 22.2 Å². The van der Waals surface area contributed by atoms with Crippen molar-refractivity contribution in [1.82, 2.24) is 24.6 Å². The lowest BCUT2D eigenvalue weighted by Crippen LogP contribution is -2.40. The van der Waals surface area contributed by atoms with Gasteiger partial charge in [0.2, 0.25) is 0 Å². The number of benzene rings is 2. The first kappa shape index (κ1) is 25.0. The van der Waals surface area contributed by atoms with Crippen LogP contribution in [0.3, 0.4) is 0 Å². The fraction of sp³-hybridized carbons (Fsp3) is 0.414. The van der Waals surface area contributed by atoms with Crippen molar-refractivity contribution >= 4 is 27.7 Å². The summed E-state index contributed by atoms with van der Waals surface area (Å²) in [4.78, 5) is 29.8. The Morgan fingerprint density at radius 3 is 2.68 bits per heavy atom. The van der Waals surface area contributed by atoms with Gasteiger partial charge in [0.1, 0.15) is 11.3 Å². The SMILES string of the molecule is CC[C@H]1CCCCN1CCCNC(=O)c1nn(-c2ccc(OC)cc2)c(=O)c2c1c1ccccc1n2C. The number of hydrogen-bond donors (Lipinski definition) is 1. The number of hydrogen-bond acceptors (Lipinski definition) is 5. The van der Waals surface area contributed by atoms with Gasteiger partial charge in [0.15, 0.2) is 5.69 Å². The molecule has 1 fully saturated rings. The molecule has 0 unspecified atom stereocenters. The van der Waals surface area contributed by atoms with Crippen LogP contribution in [0.15, 0.2) is 53.3 Å². The second kappa shape index (κ2) is 10.8. The van der Waals surface area contributed by atoms with E-state index in [1.165, 1.54) is 30.4 Å². The highest BCUT2D eigenvalue weighted by molar-refractivity contribution is 6.16. The molecule has 3 heterocycles. The first-order valence-corrected chi connectivity index (χ1v) is 13.2. The number of carbonyl (C=O) groups is 1. The molecule has 1 aliphatic rings. The Balaban J connectivity index is 1.48. The lowest BCUT2D eigenvalue weighted by atomic mass is 10.00. The number of para-hydroxylation sites is 1. The maximum atomic E-state index is 13.7. The third-order valence-corrected chi connectivity index (χ3v) is 7.60. The molecule has 2 aromatic carbocycles. The summed E-state index contributed by atoms with van der Waals surface area (Å²) in [5.41, 5.74) is 1.89. The topological polar surface area (TPSA) is 81.4 Å². The predicted octanol–water partition coefficient (Wildman–Crippen LogP) is 4.27. The summed E-state index contributed by atoms with van der Waals surface area (Å²) in [6.07, 6.45) is 5.86. The van der Waals surface area contributed by atoms with E-state index in [0.717, 1.165) is 30.4 Å². The number of rotatable bonds is 8. The minimum atomic E-state index is -0.272. The number of nitrogens with one attached hydrogen (secondary N) is 1. The number of nitrogens with zero attached hydrogens (tertiary/aromatic N) is 4. The largest absolute Gasteiger partial charge is 0.497 e. The molecule has 0 bridgehead atoms. The summed E-state index contributed by atoms with van der Waals surface area (Å²) in [7, 11) is 3.45. The van der Waals surface area contributed by atoms with Gasteiger partial charge in [-0.15, -0.1) is 0 Å². The summed E-state index contributed by atoms with van der Waals surface area (Å²) < 4.78 is 8.43. The molecule has 2 aromatic heterocycles. The summed E-state index contributed by atoms with van der Waals surface area (Å²) in [6, 6.07) is 15.5. The van der Waals surface area contributed by atoms with Crippen LogP contribution in [-0.4, -0.2) is 57.9 Å². The zero-order valence-electron chi connectivity index (χ0n) is 21.9. The second-order valence-corrected chi connectivity index (χ2v) is 9.77. The van der Waals surface area contributed by atoms with E-state index in [1.54, 1.807) is 31.4 Å². The van der Waals surface area contributed by atoms with Crippen molar-refractivity contribution in [1.29, 1.82) is 0 Å². The third-order valence-electron chi connectivity index (χ3n) is 7.60. The van der Waals surface area contributed by atoms with Crippen molar-refractivity contribution < 1.29 is 9.53 Å². The van der Waals surface area contributed by atoms with Gasteiger partial charge in [0, 0.05) is 42.5 Å². The Morgan fingerprint density at radius 2 is 1.92 bits per heavy atom. The highest BCUT2D eigenvalue weighted by Crippen LogP contribution is 2.28. The number of ether oxygens (including phenoxy) is 1. The van der Waals surface area contributed by atoms with Crippen LogP contribution in [-0.2, 0) is 7.05 Å². The van der Waals surface area contributed by atoms with Gasteiger partial charge >= 0.3 is 0 Å². The van der Waals surface area contributed by atoms with Crippen molar-refractivity contribution in [3.8, 4) is 11.4 Å². The molecular weight excluding hydrogens is 466 g/mol. The molecule has 4 aromatic rings. The predicted molar refractivity (Wildman–Crippen MR) is 147 cm³/mol. The third kappa shape index (κ3) is 4.73. The Morgan fingerprint density at radius 1 is 1.14 bits per heavy atom. The first-order valence-electron chi connectivity index (χ1n) is 13.2. The van der Waals surface area contributed by atoms with Gasteiger partial charge in [0.05, 0.1) is 12.8 Å². The molecule has 1 N–H and O–H groups in total. The average molecular weight is 502 g/mol. The summed E-state index contributed by atoms with van der Waals surface area (Å²) >= 11 is 0. The van der Waals surface area contributed by atoms with Crippen LogP contribution < -0.4 is 15.6 Å². The van der Waals surface area contributed by atoms with Crippen LogP contribution in [0.1, 0.15) is 49.5 Å². The maximum Gasteiger partial charge on any atom is 0.296 e. The normalized spacial score (nSPS) is 16.4. The smallest absolute Gasteiger partial charge is 0.296 e. The van der Waals surface area contributed by atoms with Gasteiger partial charge in [-0.1, -0.05) is 31.5 Å². The molecule has 194 valence electrons. The van der Waals surface area contributed by atoms with Gasteiger partial charge in [-0.05, 0) is 62.6 Å². The number of aromatic nitrogens is 3. The van der Waals surface area contributed by atoms with Crippen LogP contribution >= 0.6 is 0 Å². The van der Waals surface area contributed by atoms with Crippen molar-refractivity contribution in [3.05, 3.63) is 64.6 Å². The van der Waals surface area contributed by atoms with Crippen LogP contribution in [0.2, 0.25) is 0 Å². The molecule has 0 aliphatic carbocycles. The average Bonchev–Trinajstić information content (AvgIpc) is 3.24. The van der Waals surface area contributed by atoms with E-state index in [0.29, 0.717) is 34.9 Å². The van der Waals surface area contributed by atoms with Gasteiger partial charge in [0.25, 0.3) is 11.5 Å². The number of aryl methyl sites for hydroxylation is 1. The van der Waals surface area contributed by atoms with Crippen LogP contribution in [0, 0.1) is 0 Å². The number of carbonyl (C=O) groups excluding carboxylic acids is 1. The highest BCUT2D eigenvalue weighted by Gasteiger charge is 2.24. The van der Waals surface area contributed by atoms with Crippen molar-refractivity contribution in [2.45, 2.75) is 45.1 Å². The van der Waals surface area contributed by atoms with Crippen LogP contribution in [0.25, 0.3) is 27.5 Å². The molecule has 0 spiro atoms. The Hall–Kier alpha value is -3.65. The molecule has 1 aliphatic heterocycles. The summed E-state index contributed by atoms with van der Waals surface area (Å²) in [5, 5.41) is 9.13. The Labute approximate surface area is 216 Å². The number of fused-ring (bicyclic) bond motifs is 3. The zero-order valence-corrected chi connectivity index (χ0v) is 21.9. The molecule has 1 amide bonds. The summed E-state index contributed by atoms with van der Waals surface area (Å²) in [6.45, 7) is 4.92. The van der Waals surface area contributed by atoms with E-state index in [-0.39, 0.29) is 17.2 Å². The van der Waals surface area contributed by atoms with E-state index in [4.69, 9.17) is 4.74 Å². The minimum Gasteiger partial charge on any atom is -0.497 e. The minimum absolute atomic E-state index is 0.256. The molecule has 8 heteroatoms. The number of piperidine rings is 1. The molecule has 37 heavy (non-hydrogen) atoms. The van der Waals surface area contributed by atoms with Gasteiger partial charge in [-0.2, -0.15) is 9.78 Å². The summed E-state index contributed by atoms with van der Waals surface area (Å²) in [5.74, 6) is 0.411. The molecule has 0 saturated carbocycles. The first-order chi connectivity index (χ1) is 18.0. The van der Waals surface area contributed by atoms with Crippen molar-refractivity contribution in [3.63, 3.8) is 0 Å². The fourth-order valence-electron chi connectivity index (χ4n) is 5.62. The van der Waals surface area contributed by atoms with Crippen LogP contribution in [0.5, 0.6) is 5.75 Å². The van der Waals surface area contributed by atoms with E-state index >= 15 is 0 Å². The fourth-order valence-corrected chi connectivity index (χ4v) is 5.62. The Kier molecular flexibility index (Phi) is 7.28. The molecule has 5 rings (SSSR count).